The predicted octanol–water partition coefficient (Wildman–Crippen LogP) is 4.29. The summed E-state index contributed by atoms with van der Waals surface area (Å²) in [5, 5.41) is 14.0. The molecule has 0 unspecified atom stereocenters. The highest BCUT2D eigenvalue weighted by Crippen LogP contribution is 2.25. The van der Waals surface area contributed by atoms with Crippen LogP contribution in [0.15, 0.2) is 67.0 Å². The molecular formula is C17H12ClN3O3. The summed E-state index contributed by atoms with van der Waals surface area (Å²) in [6, 6.07) is 14.3. The smallest absolute Gasteiger partial charge is 0.269 e. The zero-order valence-corrected chi connectivity index (χ0v) is 13.1. The minimum absolute atomic E-state index is 0.0638. The number of rotatable bonds is 4. The van der Waals surface area contributed by atoms with Gasteiger partial charge in [0.2, 0.25) is 0 Å². The number of amides is 1. The van der Waals surface area contributed by atoms with Crippen molar-refractivity contribution in [1.29, 1.82) is 0 Å². The van der Waals surface area contributed by atoms with E-state index in [4.69, 9.17) is 11.6 Å². The summed E-state index contributed by atoms with van der Waals surface area (Å²) < 4.78 is 1.83. The number of halogens is 1. The Morgan fingerprint density at radius 3 is 2.38 bits per heavy atom. The lowest BCUT2D eigenvalue weighted by Crippen LogP contribution is -2.13. The third-order valence-electron chi connectivity index (χ3n) is 3.43. The van der Waals surface area contributed by atoms with Crippen LogP contribution in [0.25, 0.3) is 5.69 Å². The first-order chi connectivity index (χ1) is 11.5. The fourth-order valence-electron chi connectivity index (χ4n) is 2.25. The Kier molecular flexibility index (Phi) is 4.31. The van der Waals surface area contributed by atoms with Crippen molar-refractivity contribution in [3.05, 3.63) is 87.7 Å². The lowest BCUT2D eigenvalue weighted by atomic mass is 10.2. The number of carbonyl (C=O) groups is 1. The maximum absolute atomic E-state index is 12.4. The molecule has 120 valence electrons. The van der Waals surface area contributed by atoms with Gasteiger partial charge in [-0.15, -0.1) is 0 Å². The van der Waals surface area contributed by atoms with E-state index in [1.165, 1.54) is 24.3 Å². The molecule has 0 aliphatic carbocycles. The molecular weight excluding hydrogens is 330 g/mol. The second kappa shape index (κ2) is 6.55. The number of anilines is 1. The standard InChI is InChI=1S/C17H12ClN3O3/c18-13-5-8-15(16(11-13)20-9-1-2-10-20)19-17(22)12-3-6-14(7-4-12)21(23)24/h1-11H,(H,19,22). The lowest BCUT2D eigenvalue weighted by Gasteiger charge is -2.12. The van der Waals surface area contributed by atoms with Crippen molar-refractivity contribution in [1.82, 2.24) is 4.57 Å². The molecule has 0 bridgehead atoms. The molecule has 0 aliphatic rings. The van der Waals surface area contributed by atoms with Gasteiger partial charge in [0, 0.05) is 35.1 Å². The van der Waals surface area contributed by atoms with Gasteiger partial charge in [-0.05, 0) is 42.5 Å². The summed E-state index contributed by atoms with van der Waals surface area (Å²) in [4.78, 5) is 22.5. The van der Waals surface area contributed by atoms with E-state index in [1.54, 1.807) is 18.2 Å². The van der Waals surface area contributed by atoms with Crippen LogP contribution in [-0.2, 0) is 0 Å². The number of hydrogen-bond donors (Lipinski definition) is 1. The van der Waals surface area contributed by atoms with Crippen LogP contribution in [0.3, 0.4) is 0 Å². The van der Waals surface area contributed by atoms with Crippen LogP contribution in [0.1, 0.15) is 10.4 Å². The molecule has 0 saturated carbocycles. The third kappa shape index (κ3) is 3.28. The molecule has 6 nitrogen and oxygen atoms in total. The van der Waals surface area contributed by atoms with E-state index in [0.717, 1.165) is 5.69 Å². The highest BCUT2D eigenvalue weighted by Gasteiger charge is 2.12. The van der Waals surface area contributed by atoms with Crippen molar-refractivity contribution >= 4 is 28.9 Å². The van der Waals surface area contributed by atoms with Crippen molar-refractivity contribution < 1.29 is 9.72 Å². The minimum Gasteiger partial charge on any atom is -0.322 e. The zero-order chi connectivity index (χ0) is 17.1. The number of non-ortho nitro benzene ring substituents is 1. The highest BCUT2D eigenvalue weighted by atomic mass is 35.5. The molecule has 3 rings (SSSR count). The Labute approximate surface area is 142 Å². The summed E-state index contributed by atoms with van der Waals surface area (Å²) in [5.41, 5.74) is 1.57. The van der Waals surface area contributed by atoms with Crippen LogP contribution >= 0.6 is 11.6 Å². The van der Waals surface area contributed by atoms with Gasteiger partial charge in [0.05, 0.1) is 16.3 Å². The van der Waals surface area contributed by atoms with Crippen LogP contribution in [0.2, 0.25) is 5.02 Å². The summed E-state index contributed by atoms with van der Waals surface area (Å²) in [7, 11) is 0. The average molecular weight is 342 g/mol. The molecule has 1 heterocycles. The summed E-state index contributed by atoms with van der Waals surface area (Å²) in [6.45, 7) is 0. The molecule has 1 aromatic heterocycles. The third-order valence-corrected chi connectivity index (χ3v) is 3.67. The lowest BCUT2D eigenvalue weighted by molar-refractivity contribution is -0.384. The van der Waals surface area contributed by atoms with Gasteiger partial charge in [0.1, 0.15) is 0 Å². The van der Waals surface area contributed by atoms with E-state index < -0.39 is 4.92 Å². The second-order valence-corrected chi connectivity index (χ2v) is 5.45. The van der Waals surface area contributed by atoms with E-state index in [2.05, 4.69) is 5.32 Å². The Balaban J connectivity index is 1.88. The van der Waals surface area contributed by atoms with Gasteiger partial charge in [-0.25, -0.2) is 0 Å². The fraction of sp³-hybridized carbons (Fsp3) is 0. The number of carbonyl (C=O) groups excluding carboxylic acids is 1. The molecule has 0 spiro atoms. The van der Waals surface area contributed by atoms with Crippen molar-refractivity contribution in [3.63, 3.8) is 0 Å². The van der Waals surface area contributed by atoms with Gasteiger partial charge in [-0.2, -0.15) is 0 Å². The van der Waals surface area contributed by atoms with Crippen LogP contribution in [-0.4, -0.2) is 15.4 Å². The molecule has 24 heavy (non-hydrogen) atoms. The normalized spacial score (nSPS) is 10.4. The van der Waals surface area contributed by atoms with Gasteiger partial charge in [0.25, 0.3) is 11.6 Å². The summed E-state index contributed by atoms with van der Waals surface area (Å²) in [6.07, 6.45) is 3.68. The van der Waals surface area contributed by atoms with Crippen LogP contribution in [0.4, 0.5) is 11.4 Å². The number of nitrogens with zero attached hydrogens (tertiary/aromatic N) is 2. The fourth-order valence-corrected chi connectivity index (χ4v) is 2.41. The van der Waals surface area contributed by atoms with Crippen LogP contribution < -0.4 is 5.32 Å². The van der Waals surface area contributed by atoms with E-state index in [1.807, 2.05) is 29.1 Å². The van der Waals surface area contributed by atoms with Gasteiger partial charge >= 0.3 is 0 Å². The number of aromatic nitrogens is 1. The SMILES string of the molecule is O=C(Nc1ccc(Cl)cc1-n1cccc1)c1ccc([N+](=O)[O-])cc1. The Morgan fingerprint density at radius 1 is 1.08 bits per heavy atom. The van der Waals surface area contributed by atoms with Gasteiger partial charge in [-0.1, -0.05) is 11.6 Å². The van der Waals surface area contributed by atoms with E-state index in [9.17, 15) is 14.9 Å². The largest absolute Gasteiger partial charge is 0.322 e. The molecule has 1 N–H and O–H groups in total. The second-order valence-electron chi connectivity index (χ2n) is 5.01. The van der Waals surface area contributed by atoms with Gasteiger partial charge in [0.15, 0.2) is 0 Å². The van der Waals surface area contributed by atoms with E-state index >= 15 is 0 Å². The topological polar surface area (TPSA) is 77.2 Å². The molecule has 0 radical (unpaired) electrons. The first-order valence-corrected chi connectivity index (χ1v) is 7.41. The quantitative estimate of drug-likeness (QED) is 0.568. The molecule has 3 aromatic rings. The van der Waals surface area contributed by atoms with E-state index in [0.29, 0.717) is 16.3 Å². The molecule has 0 atom stereocenters. The number of nitro benzene ring substituents is 1. The summed E-state index contributed by atoms with van der Waals surface area (Å²) in [5.74, 6) is -0.361. The van der Waals surface area contributed by atoms with Crippen LogP contribution in [0, 0.1) is 10.1 Å². The summed E-state index contributed by atoms with van der Waals surface area (Å²) >= 11 is 6.04. The molecule has 0 aliphatic heterocycles. The number of benzene rings is 2. The number of hydrogen-bond acceptors (Lipinski definition) is 3. The first kappa shape index (κ1) is 15.8. The van der Waals surface area contributed by atoms with Crippen molar-refractivity contribution in [2.45, 2.75) is 0 Å². The highest BCUT2D eigenvalue weighted by molar-refractivity contribution is 6.31. The van der Waals surface area contributed by atoms with Crippen molar-refractivity contribution in [2.75, 3.05) is 5.32 Å². The average Bonchev–Trinajstić information content (AvgIpc) is 3.11. The monoisotopic (exact) mass is 341 g/mol. The Morgan fingerprint density at radius 2 is 1.75 bits per heavy atom. The maximum Gasteiger partial charge on any atom is 0.269 e. The van der Waals surface area contributed by atoms with E-state index in [-0.39, 0.29) is 11.6 Å². The molecule has 7 heteroatoms. The maximum atomic E-state index is 12.4. The van der Waals surface area contributed by atoms with Gasteiger partial charge < -0.3 is 9.88 Å². The number of nitro groups is 1. The Hall–Kier alpha value is -3.12. The predicted molar refractivity (Wildman–Crippen MR) is 91.8 cm³/mol. The molecule has 2 aromatic carbocycles. The first-order valence-electron chi connectivity index (χ1n) is 7.03. The van der Waals surface area contributed by atoms with Crippen molar-refractivity contribution in [3.8, 4) is 5.69 Å². The van der Waals surface area contributed by atoms with Crippen LogP contribution in [0.5, 0.6) is 0 Å². The minimum atomic E-state index is -0.509. The van der Waals surface area contributed by atoms with Gasteiger partial charge in [-0.3, -0.25) is 14.9 Å². The Bertz CT molecular complexity index is 890. The number of nitrogens with one attached hydrogen (secondary N) is 1. The zero-order valence-electron chi connectivity index (χ0n) is 12.3. The van der Waals surface area contributed by atoms with Crippen molar-refractivity contribution in [2.24, 2.45) is 0 Å². The molecule has 1 amide bonds. The molecule has 0 fully saturated rings. The molecule has 0 saturated heterocycles.